The van der Waals surface area contributed by atoms with Crippen molar-refractivity contribution in [3.8, 4) is 0 Å². The summed E-state index contributed by atoms with van der Waals surface area (Å²) in [5.41, 5.74) is 4.09. The molecule has 1 heterocycles. The predicted molar refractivity (Wildman–Crippen MR) is 85.7 cm³/mol. The van der Waals surface area contributed by atoms with Crippen LogP contribution in [0.25, 0.3) is 0 Å². The van der Waals surface area contributed by atoms with Gasteiger partial charge in [-0.15, -0.1) is 0 Å². The zero-order chi connectivity index (χ0) is 15.5. The average Bonchev–Trinajstić information content (AvgIpc) is 2.96. The summed E-state index contributed by atoms with van der Waals surface area (Å²) in [4.78, 5) is 23.1. The molecule has 0 fully saturated rings. The van der Waals surface area contributed by atoms with E-state index in [9.17, 15) is 4.79 Å². The number of benzene rings is 1. The number of hydrogen-bond acceptors (Lipinski definition) is 3. The second-order valence-corrected chi connectivity index (χ2v) is 5.85. The third kappa shape index (κ3) is 2.73. The minimum atomic E-state index is 0.0535. The van der Waals surface area contributed by atoms with Crippen LogP contribution in [0.3, 0.4) is 0 Å². The maximum absolute atomic E-state index is 12.9. The number of carbonyl (C=O) groups is 1. The van der Waals surface area contributed by atoms with Gasteiger partial charge >= 0.3 is 0 Å². The summed E-state index contributed by atoms with van der Waals surface area (Å²) in [5, 5.41) is 0. The Hall–Kier alpha value is -2.23. The fraction of sp³-hybridized carbons (Fsp3) is 0.389. The van der Waals surface area contributed by atoms with Crippen LogP contribution in [0.15, 0.2) is 36.8 Å². The molecule has 1 aliphatic carbocycles. The molecule has 0 spiro atoms. The Labute approximate surface area is 131 Å². The first-order valence-electron chi connectivity index (χ1n) is 7.85. The van der Waals surface area contributed by atoms with Gasteiger partial charge in [-0.2, -0.15) is 0 Å². The maximum atomic E-state index is 12.9. The Balaban J connectivity index is 1.85. The summed E-state index contributed by atoms with van der Waals surface area (Å²) < 4.78 is 0. The first-order valence-corrected chi connectivity index (χ1v) is 7.85. The highest BCUT2D eigenvalue weighted by Gasteiger charge is 2.30. The molecule has 2 aromatic rings. The summed E-state index contributed by atoms with van der Waals surface area (Å²) >= 11 is 0. The Morgan fingerprint density at radius 3 is 2.55 bits per heavy atom. The van der Waals surface area contributed by atoms with Gasteiger partial charge in [-0.05, 0) is 37.3 Å². The number of carbonyl (C=O) groups excluding carboxylic acids is 1. The van der Waals surface area contributed by atoms with Crippen molar-refractivity contribution in [2.45, 2.75) is 39.2 Å². The molecule has 1 aliphatic rings. The lowest BCUT2D eigenvalue weighted by Crippen LogP contribution is -2.41. The van der Waals surface area contributed by atoms with Crippen LogP contribution in [0.4, 0.5) is 0 Å². The molecule has 0 bridgehead atoms. The van der Waals surface area contributed by atoms with Crippen molar-refractivity contribution in [1.29, 1.82) is 0 Å². The molecular weight excluding hydrogens is 274 g/mol. The largest absolute Gasteiger partial charge is 0.335 e. The molecule has 0 saturated carbocycles. The molecule has 3 rings (SSSR count). The Morgan fingerprint density at radius 2 is 1.95 bits per heavy atom. The smallest absolute Gasteiger partial charge is 0.257 e. The van der Waals surface area contributed by atoms with Gasteiger partial charge < -0.3 is 4.90 Å². The van der Waals surface area contributed by atoms with E-state index in [1.165, 1.54) is 17.5 Å². The minimum Gasteiger partial charge on any atom is -0.335 e. The molecule has 1 aromatic carbocycles. The van der Waals surface area contributed by atoms with E-state index in [2.05, 4.69) is 41.2 Å². The molecule has 0 unspecified atom stereocenters. The van der Waals surface area contributed by atoms with Crippen molar-refractivity contribution in [3.05, 3.63) is 59.2 Å². The molecule has 114 valence electrons. The Kier molecular flexibility index (Phi) is 4.18. The van der Waals surface area contributed by atoms with Crippen LogP contribution in [0.2, 0.25) is 0 Å². The normalized spacial score (nSPS) is 13.9. The van der Waals surface area contributed by atoms with Gasteiger partial charge in [0.2, 0.25) is 0 Å². The van der Waals surface area contributed by atoms with Crippen molar-refractivity contribution in [2.75, 3.05) is 6.54 Å². The van der Waals surface area contributed by atoms with Crippen LogP contribution in [-0.2, 0) is 12.8 Å². The van der Waals surface area contributed by atoms with E-state index in [0.29, 0.717) is 5.56 Å². The fourth-order valence-corrected chi connectivity index (χ4v) is 3.20. The van der Waals surface area contributed by atoms with Gasteiger partial charge in [0, 0.05) is 18.8 Å². The van der Waals surface area contributed by atoms with E-state index in [4.69, 9.17) is 0 Å². The highest BCUT2D eigenvalue weighted by molar-refractivity contribution is 5.95. The molecule has 0 N–H and O–H groups in total. The monoisotopic (exact) mass is 295 g/mol. The summed E-state index contributed by atoms with van der Waals surface area (Å²) in [5.74, 6) is 0.0535. The number of fused-ring (bicyclic) bond motifs is 1. The van der Waals surface area contributed by atoms with Crippen LogP contribution >= 0.6 is 0 Å². The molecule has 1 aromatic heterocycles. The number of nitrogens with zero attached hydrogens (tertiary/aromatic N) is 3. The van der Waals surface area contributed by atoms with Crippen molar-refractivity contribution >= 4 is 5.91 Å². The lowest BCUT2D eigenvalue weighted by atomic mass is 10.1. The van der Waals surface area contributed by atoms with Crippen molar-refractivity contribution in [2.24, 2.45) is 0 Å². The minimum absolute atomic E-state index is 0.0535. The number of aromatic nitrogens is 2. The number of rotatable bonds is 4. The van der Waals surface area contributed by atoms with E-state index < -0.39 is 0 Å². The highest BCUT2D eigenvalue weighted by Crippen LogP contribution is 2.26. The molecule has 4 heteroatoms. The SMILES string of the molecule is CCCN(C(=O)c1cncnc1C)C1Cc2ccccc2C1. The standard InChI is InChI=1S/C18H21N3O/c1-3-8-21(18(22)17-11-19-12-20-13(17)2)16-9-14-6-4-5-7-15(14)10-16/h4-7,11-12,16H,3,8-10H2,1-2H3. The van der Waals surface area contributed by atoms with E-state index in [-0.39, 0.29) is 11.9 Å². The first kappa shape index (κ1) is 14.7. The molecular formula is C18H21N3O. The van der Waals surface area contributed by atoms with Gasteiger partial charge in [0.25, 0.3) is 5.91 Å². The molecule has 0 atom stereocenters. The third-order valence-corrected chi connectivity index (χ3v) is 4.34. The van der Waals surface area contributed by atoms with Gasteiger partial charge in [-0.25, -0.2) is 9.97 Å². The van der Waals surface area contributed by atoms with Crippen LogP contribution in [-0.4, -0.2) is 33.4 Å². The Bertz CT molecular complexity index is 659. The molecule has 0 radical (unpaired) electrons. The summed E-state index contributed by atoms with van der Waals surface area (Å²) in [6, 6.07) is 8.72. The third-order valence-electron chi connectivity index (χ3n) is 4.34. The summed E-state index contributed by atoms with van der Waals surface area (Å²) in [6.45, 7) is 4.74. The van der Waals surface area contributed by atoms with E-state index in [0.717, 1.165) is 31.5 Å². The van der Waals surface area contributed by atoms with Crippen molar-refractivity contribution in [1.82, 2.24) is 14.9 Å². The Morgan fingerprint density at radius 1 is 1.27 bits per heavy atom. The van der Waals surface area contributed by atoms with Crippen LogP contribution < -0.4 is 0 Å². The zero-order valence-corrected chi connectivity index (χ0v) is 13.1. The average molecular weight is 295 g/mol. The quantitative estimate of drug-likeness (QED) is 0.871. The number of hydrogen-bond donors (Lipinski definition) is 0. The number of aryl methyl sites for hydroxylation is 1. The maximum Gasteiger partial charge on any atom is 0.257 e. The molecule has 0 aliphatic heterocycles. The van der Waals surface area contributed by atoms with Crippen LogP contribution in [0, 0.1) is 6.92 Å². The van der Waals surface area contributed by atoms with Gasteiger partial charge in [0.15, 0.2) is 0 Å². The van der Waals surface area contributed by atoms with Crippen molar-refractivity contribution in [3.63, 3.8) is 0 Å². The van der Waals surface area contributed by atoms with Gasteiger partial charge in [0.05, 0.1) is 11.3 Å². The predicted octanol–water partition coefficient (Wildman–Crippen LogP) is 2.80. The first-order chi connectivity index (χ1) is 10.7. The van der Waals surface area contributed by atoms with E-state index >= 15 is 0 Å². The topological polar surface area (TPSA) is 46.1 Å². The summed E-state index contributed by atoms with van der Waals surface area (Å²) in [6.07, 6.45) is 5.95. The van der Waals surface area contributed by atoms with Crippen molar-refractivity contribution < 1.29 is 4.79 Å². The molecule has 1 amide bonds. The summed E-state index contributed by atoms with van der Waals surface area (Å²) in [7, 11) is 0. The lowest BCUT2D eigenvalue weighted by molar-refractivity contribution is 0.0683. The van der Waals surface area contributed by atoms with E-state index in [1.54, 1.807) is 6.20 Å². The molecule has 4 nitrogen and oxygen atoms in total. The fourth-order valence-electron chi connectivity index (χ4n) is 3.20. The second kappa shape index (κ2) is 6.26. The molecule has 0 saturated heterocycles. The second-order valence-electron chi connectivity index (χ2n) is 5.85. The van der Waals surface area contributed by atoms with Gasteiger partial charge in [0.1, 0.15) is 6.33 Å². The van der Waals surface area contributed by atoms with Crippen LogP contribution in [0.1, 0.15) is 40.5 Å². The van der Waals surface area contributed by atoms with Gasteiger partial charge in [-0.1, -0.05) is 31.2 Å². The zero-order valence-electron chi connectivity index (χ0n) is 13.1. The lowest BCUT2D eigenvalue weighted by Gasteiger charge is -2.29. The highest BCUT2D eigenvalue weighted by atomic mass is 16.2. The van der Waals surface area contributed by atoms with Gasteiger partial charge in [-0.3, -0.25) is 4.79 Å². The number of amides is 1. The van der Waals surface area contributed by atoms with E-state index in [1.807, 2.05) is 11.8 Å². The van der Waals surface area contributed by atoms with Crippen LogP contribution in [0.5, 0.6) is 0 Å². The molecule has 22 heavy (non-hydrogen) atoms.